The average Bonchev–Trinajstić information content (AvgIpc) is 2.69. The molecule has 0 saturated carbocycles. The largest absolute Gasteiger partial charge is 0.397 e. The van der Waals surface area contributed by atoms with Gasteiger partial charge in [0.2, 0.25) is 0 Å². The predicted octanol–water partition coefficient (Wildman–Crippen LogP) is 2.72. The van der Waals surface area contributed by atoms with Crippen molar-refractivity contribution in [3.63, 3.8) is 0 Å². The van der Waals surface area contributed by atoms with Gasteiger partial charge >= 0.3 is 0 Å². The van der Waals surface area contributed by atoms with E-state index in [0.29, 0.717) is 10.9 Å². The Morgan fingerprint density at radius 1 is 1.53 bits per heavy atom. The number of anilines is 2. The number of nitrogens with one attached hydrogen (secondary N) is 1. The smallest absolute Gasteiger partial charge is 0.125 e. The van der Waals surface area contributed by atoms with E-state index in [1.165, 1.54) is 30.7 Å². The molecule has 82 valence electrons. The highest BCUT2D eigenvalue weighted by molar-refractivity contribution is 8.00. The summed E-state index contributed by atoms with van der Waals surface area (Å²) in [5.74, 6) is 0.971. The Balaban J connectivity index is 1.92. The Hall–Kier alpha value is -0.900. The molecule has 1 saturated heterocycles. The Labute approximate surface area is 93.4 Å². The van der Waals surface area contributed by atoms with Crippen LogP contribution in [0.4, 0.5) is 15.8 Å². The molecule has 1 aromatic carbocycles. The van der Waals surface area contributed by atoms with Gasteiger partial charge in [0.15, 0.2) is 0 Å². The fourth-order valence-electron chi connectivity index (χ4n) is 1.72. The van der Waals surface area contributed by atoms with Crippen molar-refractivity contribution in [1.82, 2.24) is 0 Å². The van der Waals surface area contributed by atoms with Crippen molar-refractivity contribution in [3.8, 4) is 0 Å². The lowest BCUT2D eigenvalue weighted by Gasteiger charge is -2.12. The summed E-state index contributed by atoms with van der Waals surface area (Å²) in [5.41, 5.74) is 7.02. The first kappa shape index (κ1) is 10.6. The van der Waals surface area contributed by atoms with Crippen molar-refractivity contribution >= 4 is 23.1 Å². The van der Waals surface area contributed by atoms with Gasteiger partial charge in [0.25, 0.3) is 0 Å². The number of nitrogen functional groups attached to an aromatic ring is 1. The van der Waals surface area contributed by atoms with Crippen LogP contribution < -0.4 is 11.1 Å². The molecule has 3 N–H and O–H groups in total. The molecule has 4 heteroatoms. The van der Waals surface area contributed by atoms with Crippen LogP contribution in [-0.2, 0) is 0 Å². The van der Waals surface area contributed by atoms with E-state index in [1.807, 2.05) is 11.8 Å². The molecule has 0 spiro atoms. The van der Waals surface area contributed by atoms with Crippen molar-refractivity contribution < 1.29 is 4.39 Å². The van der Waals surface area contributed by atoms with Gasteiger partial charge in [0.05, 0.1) is 11.4 Å². The number of hydrogen-bond acceptors (Lipinski definition) is 3. The molecule has 2 nitrogen and oxygen atoms in total. The topological polar surface area (TPSA) is 38.0 Å². The maximum atomic E-state index is 12.8. The van der Waals surface area contributed by atoms with Gasteiger partial charge in [-0.05, 0) is 36.8 Å². The summed E-state index contributed by atoms with van der Waals surface area (Å²) in [6.45, 7) is 0.917. The summed E-state index contributed by atoms with van der Waals surface area (Å²) in [6, 6.07) is 4.48. The van der Waals surface area contributed by atoms with E-state index >= 15 is 0 Å². The molecule has 0 amide bonds. The van der Waals surface area contributed by atoms with Gasteiger partial charge in [-0.1, -0.05) is 0 Å². The standard InChI is InChI=1S/C11H15FN2S/c12-8-3-4-11(10(13)6-8)14-7-9-2-1-5-15-9/h3-4,6,9,14H,1-2,5,7,13H2. The van der Waals surface area contributed by atoms with Crippen molar-refractivity contribution in [2.24, 2.45) is 0 Å². The number of nitrogens with two attached hydrogens (primary N) is 1. The van der Waals surface area contributed by atoms with Crippen molar-refractivity contribution in [1.29, 1.82) is 0 Å². The van der Waals surface area contributed by atoms with Crippen LogP contribution >= 0.6 is 11.8 Å². The molecule has 2 rings (SSSR count). The van der Waals surface area contributed by atoms with E-state index in [4.69, 9.17) is 5.73 Å². The Morgan fingerprint density at radius 2 is 2.40 bits per heavy atom. The Morgan fingerprint density at radius 3 is 3.07 bits per heavy atom. The van der Waals surface area contributed by atoms with Gasteiger partial charge in [-0.25, -0.2) is 4.39 Å². The van der Waals surface area contributed by atoms with E-state index in [9.17, 15) is 4.39 Å². The molecule has 1 atom stereocenters. The quantitative estimate of drug-likeness (QED) is 0.778. The second kappa shape index (κ2) is 4.75. The summed E-state index contributed by atoms with van der Waals surface area (Å²) >= 11 is 1.99. The van der Waals surface area contributed by atoms with Gasteiger partial charge in [-0.3, -0.25) is 0 Å². The highest BCUT2D eigenvalue weighted by atomic mass is 32.2. The minimum Gasteiger partial charge on any atom is -0.397 e. The van der Waals surface area contributed by atoms with Crippen LogP contribution in [0.1, 0.15) is 12.8 Å². The van der Waals surface area contributed by atoms with Crippen LogP contribution in [0.3, 0.4) is 0 Å². The van der Waals surface area contributed by atoms with Crippen LogP contribution in [0.15, 0.2) is 18.2 Å². The zero-order valence-electron chi connectivity index (χ0n) is 8.50. The number of benzene rings is 1. The maximum Gasteiger partial charge on any atom is 0.125 e. The van der Waals surface area contributed by atoms with Crippen LogP contribution in [0, 0.1) is 5.82 Å². The number of rotatable bonds is 3. The summed E-state index contributed by atoms with van der Waals surface area (Å²) in [5, 5.41) is 3.95. The molecule has 0 bridgehead atoms. The van der Waals surface area contributed by atoms with Crippen LogP contribution in [0.5, 0.6) is 0 Å². The predicted molar refractivity (Wildman–Crippen MR) is 64.8 cm³/mol. The Bertz CT molecular complexity index is 337. The van der Waals surface area contributed by atoms with Crippen LogP contribution in [0.2, 0.25) is 0 Å². The van der Waals surface area contributed by atoms with Crippen molar-refractivity contribution in [2.75, 3.05) is 23.3 Å². The first-order valence-corrected chi connectivity index (χ1v) is 6.21. The lowest BCUT2D eigenvalue weighted by Crippen LogP contribution is -2.14. The molecule has 1 heterocycles. The lowest BCUT2D eigenvalue weighted by molar-refractivity contribution is 0.628. The zero-order valence-corrected chi connectivity index (χ0v) is 9.32. The summed E-state index contributed by atoms with van der Waals surface area (Å²) in [7, 11) is 0. The zero-order chi connectivity index (χ0) is 10.7. The molecule has 0 radical (unpaired) electrons. The molecular formula is C11H15FN2S. The SMILES string of the molecule is Nc1cc(F)ccc1NCC1CCCS1. The highest BCUT2D eigenvalue weighted by Crippen LogP contribution is 2.27. The molecule has 1 aliphatic heterocycles. The number of hydrogen-bond donors (Lipinski definition) is 2. The van der Waals surface area contributed by atoms with Crippen molar-refractivity contribution in [2.45, 2.75) is 18.1 Å². The van der Waals surface area contributed by atoms with Crippen molar-refractivity contribution in [3.05, 3.63) is 24.0 Å². The average molecular weight is 226 g/mol. The van der Waals surface area contributed by atoms with E-state index in [2.05, 4.69) is 5.32 Å². The third kappa shape index (κ3) is 2.78. The third-order valence-corrected chi connectivity index (χ3v) is 3.96. The minimum absolute atomic E-state index is 0.284. The fraction of sp³-hybridized carbons (Fsp3) is 0.455. The fourth-order valence-corrected chi connectivity index (χ4v) is 2.92. The molecule has 1 aromatic rings. The summed E-state index contributed by atoms with van der Waals surface area (Å²) in [6.07, 6.45) is 2.56. The van der Waals surface area contributed by atoms with Crippen LogP contribution in [-0.4, -0.2) is 17.5 Å². The van der Waals surface area contributed by atoms with Gasteiger partial charge < -0.3 is 11.1 Å². The molecule has 1 fully saturated rings. The Kier molecular flexibility index (Phi) is 3.36. The summed E-state index contributed by atoms with van der Waals surface area (Å²) < 4.78 is 12.8. The van der Waals surface area contributed by atoms with Crippen LogP contribution in [0.25, 0.3) is 0 Å². The molecule has 1 unspecified atom stereocenters. The first-order valence-electron chi connectivity index (χ1n) is 5.16. The highest BCUT2D eigenvalue weighted by Gasteiger charge is 2.15. The normalized spacial score (nSPS) is 20.5. The molecule has 15 heavy (non-hydrogen) atoms. The van der Waals surface area contributed by atoms with E-state index < -0.39 is 0 Å². The summed E-state index contributed by atoms with van der Waals surface area (Å²) in [4.78, 5) is 0. The lowest BCUT2D eigenvalue weighted by atomic mass is 10.2. The van der Waals surface area contributed by atoms with Gasteiger partial charge in [0.1, 0.15) is 5.82 Å². The minimum atomic E-state index is -0.284. The van der Waals surface area contributed by atoms with Gasteiger partial charge in [0, 0.05) is 11.8 Å². The molecular weight excluding hydrogens is 211 g/mol. The first-order chi connectivity index (χ1) is 7.25. The number of thioether (sulfide) groups is 1. The van der Waals surface area contributed by atoms with E-state index in [0.717, 1.165) is 12.2 Å². The molecule has 0 aromatic heterocycles. The number of halogens is 1. The molecule has 1 aliphatic rings. The van der Waals surface area contributed by atoms with Gasteiger partial charge in [-0.2, -0.15) is 11.8 Å². The molecule has 0 aliphatic carbocycles. The monoisotopic (exact) mass is 226 g/mol. The van der Waals surface area contributed by atoms with E-state index in [-0.39, 0.29) is 5.82 Å². The second-order valence-corrected chi connectivity index (χ2v) is 5.16. The maximum absolute atomic E-state index is 12.8. The van der Waals surface area contributed by atoms with Gasteiger partial charge in [-0.15, -0.1) is 0 Å². The third-order valence-electron chi connectivity index (χ3n) is 2.56. The van der Waals surface area contributed by atoms with E-state index in [1.54, 1.807) is 6.07 Å². The second-order valence-electron chi connectivity index (χ2n) is 3.75.